The van der Waals surface area contributed by atoms with Gasteiger partial charge in [0.1, 0.15) is 0 Å². The second-order valence-corrected chi connectivity index (χ2v) is 6.07. The SMILES string of the molecule is CCC(N)Cc1cccc2ccn(CCCSC)c12. The maximum Gasteiger partial charge on any atom is 0.0513 e. The molecular formula is C16H24N2S. The van der Waals surface area contributed by atoms with Gasteiger partial charge in [-0.3, -0.25) is 0 Å². The minimum absolute atomic E-state index is 0.264. The predicted octanol–water partition coefficient (Wildman–Crippen LogP) is 3.67. The van der Waals surface area contributed by atoms with Crippen molar-refractivity contribution in [2.24, 2.45) is 5.73 Å². The molecule has 1 aromatic carbocycles. The van der Waals surface area contributed by atoms with Gasteiger partial charge >= 0.3 is 0 Å². The molecule has 19 heavy (non-hydrogen) atoms. The lowest BCUT2D eigenvalue weighted by Gasteiger charge is -2.13. The lowest BCUT2D eigenvalue weighted by atomic mass is 10.0. The van der Waals surface area contributed by atoms with E-state index in [4.69, 9.17) is 5.73 Å². The molecule has 0 saturated heterocycles. The largest absolute Gasteiger partial charge is 0.347 e. The number of hydrogen-bond donors (Lipinski definition) is 1. The zero-order valence-corrected chi connectivity index (χ0v) is 12.7. The lowest BCUT2D eigenvalue weighted by Crippen LogP contribution is -2.21. The predicted molar refractivity (Wildman–Crippen MR) is 86.9 cm³/mol. The summed E-state index contributed by atoms with van der Waals surface area (Å²) in [7, 11) is 0. The molecule has 0 aliphatic heterocycles. The van der Waals surface area contributed by atoms with Crippen LogP contribution in [-0.2, 0) is 13.0 Å². The van der Waals surface area contributed by atoms with Crippen molar-refractivity contribution in [1.82, 2.24) is 4.57 Å². The number of hydrogen-bond acceptors (Lipinski definition) is 2. The van der Waals surface area contributed by atoms with Crippen LogP contribution in [-0.4, -0.2) is 22.6 Å². The van der Waals surface area contributed by atoms with Gasteiger partial charge < -0.3 is 10.3 Å². The highest BCUT2D eigenvalue weighted by Crippen LogP contribution is 2.22. The Morgan fingerprint density at radius 1 is 1.32 bits per heavy atom. The third-order valence-corrected chi connectivity index (χ3v) is 4.32. The van der Waals surface area contributed by atoms with Crippen molar-refractivity contribution in [2.45, 2.75) is 38.8 Å². The van der Waals surface area contributed by atoms with Crippen molar-refractivity contribution in [2.75, 3.05) is 12.0 Å². The van der Waals surface area contributed by atoms with E-state index in [2.05, 4.69) is 48.2 Å². The quantitative estimate of drug-likeness (QED) is 0.782. The fourth-order valence-electron chi connectivity index (χ4n) is 2.50. The topological polar surface area (TPSA) is 30.9 Å². The molecule has 2 aromatic rings. The van der Waals surface area contributed by atoms with E-state index in [1.807, 2.05) is 11.8 Å². The Morgan fingerprint density at radius 3 is 2.89 bits per heavy atom. The monoisotopic (exact) mass is 276 g/mol. The van der Waals surface area contributed by atoms with Crippen LogP contribution >= 0.6 is 11.8 Å². The summed E-state index contributed by atoms with van der Waals surface area (Å²) in [6, 6.07) is 9.05. The van der Waals surface area contributed by atoms with E-state index in [0.29, 0.717) is 0 Å². The fourth-order valence-corrected chi connectivity index (χ4v) is 2.92. The second kappa shape index (κ2) is 7.01. The number of thioether (sulfide) groups is 1. The summed E-state index contributed by atoms with van der Waals surface area (Å²) >= 11 is 1.91. The molecule has 3 heteroatoms. The maximum atomic E-state index is 6.12. The number of nitrogens with two attached hydrogens (primary N) is 1. The maximum absolute atomic E-state index is 6.12. The van der Waals surface area contributed by atoms with Crippen molar-refractivity contribution in [3.05, 3.63) is 36.0 Å². The molecule has 1 heterocycles. The van der Waals surface area contributed by atoms with Crippen LogP contribution in [0.5, 0.6) is 0 Å². The minimum atomic E-state index is 0.264. The van der Waals surface area contributed by atoms with E-state index in [9.17, 15) is 0 Å². The molecule has 1 atom stereocenters. The Bertz CT molecular complexity index is 518. The first-order valence-corrected chi connectivity index (χ1v) is 8.47. The number of benzene rings is 1. The fraction of sp³-hybridized carbons (Fsp3) is 0.500. The summed E-state index contributed by atoms with van der Waals surface area (Å²) in [5.41, 5.74) is 8.90. The molecule has 0 aliphatic rings. The van der Waals surface area contributed by atoms with Gasteiger partial charge in [0.15, 0.2) is 0 Å². The van der Waals surface area contributed by atoms with Gasteiger partial charge in [-0.25, -0.2) is 0 Å². The number of nitrogens with zero attached hydrogens (tertiary/aromatic N) is 1. The van der Waals surface area contributed by atoms with Crippen molar-refractivity contribution in [3.8, 4) is 0 Å². The molecule has 0 aliphatic carbocycles. The highest BCUT2D eigenvalue weighted by molar-refractivity contribution is 7.98. The van der Waals surface area contributed by atoms with Crippen molar-refractivity contribution in [3.63, 3.8) is 0 Å². The Kier molecular flexibility index (Phi) is 5.34. The van der Waals surface area contributed by atoms with Gasteiger partial charge in [0, 0.05) is 18.8 Å². The third kappa shape index (κ3) is 3.54. The van der Waals surface area contributed by atoms with E-state index < -0.39 is 0 Å². The normalized spacial score (nSPS) is 13.0. The number of fused-ring (bicyclic) bond motifs is 1. The standard InChI is InChI=1S/C16H24N2S/c1-3-15(17)12-14-7-4-6-13-8-10-18(16(13)14)9-5-11-19-2/h4,6-8,10,15H,3,5,9,11-12,17H2,1-2H3. The van der Waals surface area contributed by atoms with Crippen LogP contribution in [0.4, 0.5) is 0 Å². The summed E-state index contributed by atoms with van der Waals surface area (Å²) in [5.74, 6) is 1.22. The average Bonchev–Trinajstić information content (AvgIpc) is 2.83. The van der Waals surface area contributed by atoms with E-state index >= 15 is 0 Å². The minimum Gasteiger partial charge on any atom is -0.347 e. The van der Waals surface area contributed by atoms with E-state index in [0.717, 1.165) is 19.4 Å². The first-order valence-electron chi connectivity index (χ1n) is 7.07. The van der Waals surface area contributed by atoms with Gasteiger partial charge in [-0.15, -0.1) is 0 Å². The van der Waals surface area contributed by atoms with Crippen LogP contribution in [0.1, 0.15) is 25.3 Å². The van der Waals surface area contributed by atoms with Gasteiger partial charge in [0.05, 0.1) is 5.52 Å². The zero-order valence-electron chi connectivity index (χ0n) is 11.9. The molecule has 0 fully saturated rings. The first-order chi connectivity index (χ1) is 9.26. The van der Waals surface area contributed by atoms with Crippen LogP contribution in [0.15, 0.2) is 30.5 Å². The van der Waals surface area contributed by atoms with Crippen LogP contribution < -0.4 is 5.73 Å². The first kappa shape index (κ1) is 14.5. The number of aryl methyl sites for hydroxylation is 1. The van der Waals surface area contributed by atoms with E-state index in [1.165, 1.54) is 28.6 Å². The molecule has 0 spiro atoms. The molecule has 2 nitrogen and oxygen atoms in total. The van der Waals surface area contributed by atoms with E-state index in [-0.39, 0.29) is 6.04 Å². The molecule has 2 N–H and O–H groups in total. The van der Waals surface area contributed by atoms with Gasteiger partial charge in [-0.2, -0.15) is 11.8 Å². The molecule has 0 bridgehead atoms. The van der Waals surface area contributed by atoms with Gasteiger partial charge in [0.2, 0.25) is 0 Å². The average molecular weight is 276 g/mol. The van der Waals surface area contributed by atoms with Crippen LogP contribution in [0.3, 0.4) is 0 Å². The highest BCUT2D eigenvalue weighted by atomic mass is 32.2. The third-order valence-electron chi connectivity index (χ3n) is 3.63. The number of aromatic nitrogens is 1. The number of para-hydroxylation sites is 1. The molecule has 0 saturated carbocycles. The Balaban J connectivity index is 2.27. The molecule has 104 valence electrons. The van der Waals surface area contributed by atoms with Gasteiger partial charge in [-0.1, -0.05) is 25.1 Å². The highest BCUT2D eigenvalue weighted by Gasteiger charge is 2.09. The Morgan fingerprint density at radius 2 is 2.16 bits per heavy atom. The molecular weight excluding hydrogens is 252 g/mol. The number of rotatable bonds is 7. The second-order valence-electron chi connectivity index (χ2n) is 5.08. The molecule has 0 radical (unpaired) electrons. The van der Waals surface area contributed by atoms with Gasteiger partial charge in [-0.05, 0) is 48.3 Å². The van der Waals surface area contributed by atoms with Crippen molar-refractivity contribution >= 4 is 22.7 Å². The molecule has 1 aromatic heterocycles. The van der Waals surface area contributed by atoms with Crippen LogP contribution in [0, 0.1) is 0 Å². The summed E-state index contributed by atoms with van der Waals surface area (Å²) in [6.07, 6.45) is 7.61. The van der Waals surface area contributed by atoms with Crippen LogP contribution in [0.2, 0.25) is 0 Å². The van der Waals surface area contributed by atoms with Crippen LogP contribution in [0.25, 0.3) is 10.9 Å². The van der Waals surface area contributed by atoms with Gasteiger partial charge in [0.25, 0.3) is 0 Å². The van der Waals surface area contributed by atoms with E-state index in [1.54, 1.807) is 0 Å². The molecule has 2 rings (SSSR count). The lowest BCUT2D eigenvalue weighted by molar-refractivity contribution is 0.643. The smallest absolute Gasteiger partial charge is 0.0513 e. The summed E-state index contributed by atoms with van der Waals surface area (Å²) < 4.78 is 2.39. The summed E-state index contributed by atoms with van der Waals surface area (Å²) in [6.45, 7) is 3.25. The Hall–Kier alpha value is -0.930. The van der Waals surface area contributed by atoms with Crippen molar-refractivity contribution < 1.29 is 0 Å². The summed E-state index contributed by atoms with van der Waals surface area (Å²) in [5, 5.41) is 1.34. The molecule has 0 amide bonds. The van der Waals surface area contributed by atoms with Crippen molar-refractivity contribution in [1.29, 1.82) is 0 Å². The Labute approximate surface area is 120 Å². The summed E-state index contributed by atoms with van der Waals surface area (Å²) in [4.78, 5) is 0. The molecule has 1 unspecified atom stereocenters. The zero-order chi connectivity index (χ0) is 13.7.